The second-order valence-electron chi connectivity index (χ2n) is 8.14. The molecular weight excluding hydrogens is 410 g/mol. The Labute approximate surface area is 187 Å². The average molecular weight is 440 g/mol. The number of aliphatic hydroxyl groups excluding tert-OH is 1. The third-order valence-corrected chi connectivity index (χ3v) is 5.89. The summed E-state index contributed by atoms with van der Waals surface area (Å²) < 4.78 is 10.8. The molecule has 2 aromatic rings. The fourth-order valence-electron chi connectivity index (χ4n) is 4.22. The molecule has 4 rings (SSSR count). The Morgan fingerprint density at radius 3 is 2.62 bits per heavy atom. The van der Waals surface area contributed by atoms with Gasteiger partial charge in [0.2, 0.25) is 0 Å². The van der Waals surface area contributed by atoms with Crippen LogP contribution in [0.2, 0.25) is 0 Å². The zero-order valence-corrected chi connectivity index (χ0v) is 18.1. The van der Waals surface area contributed by atoms with Crippen LogP contribution in [0.4, 0.5) is 4.79 Å². The molecule has 0 unspecified atom stereocenters. The third kappa shape index (κ3) is 5.03. The molecule has 0 bridgehead atoms. The molecule has 1 fully saturated rings. The Balaban J connectivity index is 1.71. The van der Waals surface area contributed by atoms with Crippen molar-refractivity contribution >= 4 is 12.0 Å². The first-order valence-corrected chi connectivity index (χ1v) is 11.0. The molecule has 1 aliphatic heterocycles. The number of rotatable bonds is 10. The number of ether oxygens (including phenoxy) is 1. The lowest BCUT2D eigenvalue weighted by Crippen LogP contribution is -2.50. The summed E-state index contributed by atoms with van der Waals surface area (Å²) in [6.07, 6.45) is 3.62. The minimum atomic E-state index is -0.750. The molecule has 1 aromatic heterocycles. The van der Waals surface area contributed by atoms with Gasteiger partial charge in [-0.3, -0.25) is 4.90 Å². The molecule has 8 nitrogen and oxygen atoms in total. The average Bonchev–Trinajstić information content (AvgIpc) is 3.46. The molecule has 1 aliphatic carbocycles. The van der Waals surface area contributed by atoms with Gasteiger partial charge >= 0.3 is 12.0 Å². The number of nitrogens with one attached hydrogen (secondary N) is 2. The summed E-state index contributed by atoms with van der Waals surface area (Å²) in [6.45, 7) is 2.83. The normalized spacial score (nSPS) is 19.5. The van der Waals surface area contributed by atoms with Crippen molar-refractivity contribution in [2.24, 2.45) is 5.92 Å². The number of esters is 1. The number of furan rings is 1. The van der Waals surface area contributed by atoms with Gasteiger partial charge in [-0.25, -0.2) is 9.59 Å². The maximum absolute atomic E-state index is 13.0. The predicted octanol–water partition coefficient (Wildman–Crippen LogP) is 2.72. The van der Waals surface area contributed by atoms with Crippen LogP contribution in [0.3, 0.4) is 0 Å². The van der Waals surface area contributed by atoms with Crippen LogP contribution in [-0.2, 0) is 16.1 Å². The van der Waals surface area contributed by atoms with Crippen LogP contribution in [0, 0.1) is 5.92 Å². The molecule has 3 N–H and O–H groups in total. The maximum atomic E-state index is 13.0. The first-order chi connectivity index (χ1) is 15.6. The smallest absolute Gasteiger partial charge is 0.338 e. The molecular formula is C24H29N3O5. The maximum Gasteiger partial charge on any atom is 0.338 e. The minimum Gasteiger partial charge on any atom is -0.467 e. The van der Waals surface area contributed by atoms with Crippen molar-refractivity contribution in [3.63, 3.8) is 0 Å². The Morgan fingerprint density at radius 1 is 1.22 bits per heavy atom. The highest BCUT2D eigenvalue weighted by molar-refractivity contribution is 5.95. The van der Waals surface area contributed by atoms with Crippen LogP contribution in [-0.4, -0.2) is 47.8 Å². The van der Waals surface area contributed by atoms with Crippen molar-refractivity contribution in [3.8, 4) is 0 Å². The van der Waals surface area contributed by atoms with E-state index in [1.165, 1.54) is 6.26 Å². The topological polar surface area (TPSA) is 104 Å². The Bertz CT molecular complexity index is 953. The molecule has 2 amide bonds. The highest BCUT2D eigenvalue weighted by Crippen LogP contribution is 2.37. The monoisotopic (exact) mass is 439 g/mol. The quantitative estimate of drug-likeness (QED) is 0.492. The molecule has 2 aliphatic rings. The van der Waals surface area contributed by atoms with E-state index in [-0.39, 0.29) is 25.8 Å². The number of carbonyl (C=O) groups is 2. The molecule has 1 aromatic carbocycles. The van der Waals surface area contributed by atoms with E-state index >= 15 is 0 Å². The fourth-order valence-corrected chi connectivity index (χ4v) is 4.22. The summed E-state index contributed by atoms with van der Waals surface area (Å²) in [5, 5.41) is 15.7. The number of hydrogen-bond acceptors (Lipinski definition) is 6. The van der Waals surface area contributed by atoms with E-state index in [0.29, 0.717) is 29.5 Å². The molecule has 32 heavy (non-hydrogen) atoms. The van der Waals surface area contributed by atoms with Crippen LogP contribution < -0.4 is 10.6 Å². The van der Waals surface area contributed by atoms with Crippen molar-refractivity contribution in [2.75, 3.05) is 19.8 Å². The lowest BCUT2D eigenvalue weighted by atomic mass is 9.99. The summed E-state index contributed by atoms with van der Waals surface area (Å²) in [5.74, 6) is 0.340. The first-order valence-electron chi connectivity index (χ1n) is 11.0. The van der Waals surface area contributed by atoms with Crippen LogP contribution in [0.1, 0.15) is 37.1 Å². The lowest BCUT2D eigenvalue weighted by molar-refractivity contribution is -0.139. The first kappa shape index (κ1) is 22.1. The van der Waals surface area contributed by atoms with Crippen LogP contribution >= 0.6 is 0 Å². The lowest BCUT2D eigenvalue weighted by Gasteiger charge is -2.35. The summed E-state index contributed by atoms with van der Waals surface area (Å²) in [7, 11) is 0. The zero-order chi connectivity index (χ0) is 22.5. The van der Waals surface area contributed by atoms with E-state index in [0.717, 1.165) is 18.4 Å². The van der Waals surface area contributed by atoms with Crippen molar-refractivity contribution < 1.29 is 23.8 Å². The van der Waals surface area contributed by atoms with Crippen LogP contribution in [0.25, 0.3) is 0 Å². The molecule has 8 heteroatoms. The third-order valence-electron chi connectivity index (χ3n) is 5.89. The van der Waals surface area contributed by atoms with E-state index < -0.39 is 18.0 Å². The largest absolute Gasteiger partial charge is 0.467 e. The van der Waals surface area contributed by atoms with Gasteiger partial charge in [0.1, 0.15) is 11.8 Å². The number of hydrogen-bond donors (Lipinski definition) is 3. The molecule has 0 saturated heterocycles. The van der Waals surface area contributed by atoms with Crippen LogP contribution in [0.5, 0.6) is 0 Å². The van der Waals surface area contributed by atoms with Gasteiger partial charge in [-0.05, 0) is 43.4 Å². The zero-order valence-electron chi connectivity index (χ0n) is 18.1. The second-order valence-corrected chi connectivity index (χ2v) is 8.14. The molecule has 0 spiro atoms. The summed E-state index contributed by atoms with van der Waals surface area (Å²) in [6, 6.07) is 12.2. The number of urea groups is 1. The van der Waals surface area contributed by atoms with Gasteiger partial charge < -0.3 is 24.9 Å². The van der Waals surface area contributed by atoms with E-state index in [1.807, 2.05) is 30.3 Å². The van der Waals surface area contributed by atoms with Gasteiger partial charge in [-0.15, -0.1) is 0 Å². The van der Waals surface area contributed by atoms with Gasteiger partial charge in [-0.1, -0.05) is 30.3 Å². The molecule has 0 radical (unpaired) electrons. The summed E-state index contributed by atoms with van der Waals surface area (Å²) in [5.41, 5.74) is 1.86. The predicted molar refractivity (Wildman–Crippen MR) is 117 cm³/mol. The molecule has 1 saturated carbocycles. The number of benzene rings is 1. The summed E-state index contributed by atoms with van der Waals surface area (Å²) >= 11 is 0. The summed E-state index contributed by atoms with van der Waals surface area (Å²) in [4.78, 5) is 27.6. The highest BCUT2D eigenvalue weighted by Gasteiger charge is 2.39. The van der Waals surface area contributed by atoms with Gasteiger partial charge in [0.25, 0.3) is 0 Å². The SMILES string of the molecule is CCOC(=O)C1=C(CN(Cc2ccccc2)[C@@H](CO)C2CC2)NC(=O)N[C@@H]1c1ccco1. The number of carbonyl (C=O) groups excluding carboxylic acids is 2. The van der Waals surface area contributed by atoms with E-state index in [9.17, 15) is 14.7 Å². The highest BCUT2D eigenvalue weighted by atomic mass is 16.5. The Hall–Kier alpha value is -3.10. The second kappa shape index (κ2) is 10.0. The molecule has 170 valence electrons. The van der Waals surface area contributed by atoms with Crippen LogP contribution in [0.15, 0.2) is 64.4 Å². The van der Waals surface area contributed by atoms with E-state index in [4.69, 9.17) is 9.15 Å². The van der Waals surface area contributed by atoms with E-state index in [2.05, 4.69) is 15.5 Å². The number of amides is 2. The van der Waals surface area contributed by atoms with Crippen molar-refractivity contribution in [1.82, 2.24) is 15.5 Å². The van der Waals surface area contributed by atoms with Gasteiger partial charge in [0.05, 0.1) is 25.1 Å². The van der Waals surface area contributed by atoms with Crippen molar-refractivity contribution in [1.29, 1.82) is 0 Å². The van der Waals surface area contributed by atoms with Gasteiger partial charge in [0, 0.05) is 24.8 Å². The molecule has 2 atom stereocenters. The van der Waals surface area contributed by atoms with Crippen molar-refractivity contribution in [3.05, 3.63) is 71.3 Å². The standard InChI is InChI=1S/C24H29N3O5/c1-2-31-23(29)21-18(25-24(30)26-22(21)20-9-6-12-32-20)14-27(19(15-28)17-10-11-17)13-16-7-4-3-5-8-16/h3-9,12,17,19,22,28H,2,10-11,13-15H2,1H3,(H2,25,26,30)/t19-,22+/m0/s1. The Morgan fingerprint density at radius 2 is 2.00 bits per heavy atom. The van der Waals surface area contributed by atoms with Gasteiger partial charge in [0.15, 0.2) is 0 Å². The fraction of sp³-hybridized carbons (Fsp3) is 0.417. The van der Waals surface area contributed by atoms with Gasteiger partial charge in [-0.2, -0.15) is 0 Å². The minimum absolute atomic E-state index is 0.00727. The molecule has 2 heterocycles. The number of nitrogens with zero attached hydrogens (tertiary/aromatic N) is 1. The number of aliphatic hydroxyl groups is 1. The Kier molecular flexibility index (Phi) is 6.92. The van der Waals surface area contributed by atoms with Crippen molar-refractivity contribution in [2.45, 2.75) is 38.4 Å². The van der Waals surface area contributed by atoms with E-state index in [1.54, 1.807) is 19.1 Å².